The normalized spacial score (nSPS) is 19.2. The summed E-state index contributed by atoms with van der Waals surface area (Å²) < 4.78 is 19.0. The smallest absolute Gasteiger partial charge is 0.137 e. The second kappa shape index (κ2) is 5.91. The number of hydrazine groups is 1. The highest BCUT2D eigenvalue weighted by atomic mass is 79.9. The van der Waals surface area contributed by atoms with Crippen LogP contribution in [0.5, 0.6) is 0 Å². The van der Waals surface area contributed by atoms with Gasteiger partial charge in [-0.3, -0.25) is 11.3 Å². The van der Waals surface area contributed by atoms with Gasteiger partial charge in [0.1, 0.15) is 5.82 Å². The van der Waals surface area contributed by atoms with Gasteiger partial charge in [0.2, 0.25) is 0 Å². The number of nitrogens with two attached hydrogens (primary N) is 1. The van der Waals surface area contributed by atoms with E-state index in [1.54, 1.807) is 12.1 Å². The minimum atomic E-state index is -0.253. The van der Waals surface area contributed by atoms with Crippen molar-refractivity contribution in [3.63, 3.8) is 0 Å². The Morgan fingerprint density at radius 1 is 1.41 bits per heavy atom. The second-order valence-corrected chi connectivity index (χ2v) is 5.12. The van der Waals surface area contributed by atoms with E-state index >= 15 is 0 Å². The topological polar surface area (TPSA) is 47.3 Å². The van der Waals surface area contributed by atoms with Crippen molar-refractivity contribution < 1.29 is 9.13 Å². The van der Waals surface area contributed by atoms with Crippen molar-refractivity contribution in [2.75, 3.05) is 13.2 Å². The van der Waals surface area contributed by atoms with E-state index in [9.17, 15) is 4.39 Å². The first-order chi connectivity index (χ1) is 8.22. The molecule has 0 spiro atoms. The number of rotatable bonds is 3. The number of hydrogen-bond donors (Lipinski definition) is 2. The molecule has 1 aliphatic heterocycles. The summed E-state index contributed by atoms with van der Waals surface area (Å²) in [4.78, 5) is 0. The number of halogens is 2. The molecule has 0 aromatic heterocycles. The molecule has 3 nitrogen and oxygen atoms in total. The van der Waals surface area contributed by atoms with Crippen LogP contribution in [0.25, 0.3) is 0 Å². The lowest BCUT2D eigenvalue weighted by Gasteiger charge is -2.30. The summed E-state index contributed by atoms with van der Waals surface area (Å²) >= 11 is 3.20. The maximum absolute atomic E-state index is 13.2. The standard InChI is InChI=1S/C12H16BrFN2O/c13-10-7-9(1-2-11(10)14)12(16-15)8-3-5-17-6-4-8/h1-2,7-8,12,16H,3-6,15H2. The first-order valence-corrected chi connectivity index (χ1v) is 6.50. The van der Waals surface area contributed by atoms with E-state index in [-0.39, 0.29) is 11.9 Å². The zero-order valence-corrected chi connectivity index (χ0v) is 11.0. The lowest BCUT2D eigenvalue weighted by atomic mass is 9.87. The number of benzene rings is 1. The Morgan fingerprint density at radius 2 is 2.12 bits per heavy atom. The second-order valence-electron chi connectivity index (χ2n) is 4.27. The van der Waals surface area contributed by atoms with Crippen molar-refractivity contribution in [2.24, 2.45) is 11.8 Å². The molecule has 0 amide bonds. The highest BCUT2D eigenvalue weighted by Crippen LogP contribution is 2.31. The van der Waals surface area contributed by atoms with Gasteiger partial charge in [-0.2, -0.15) is 0 Å². The summed E-state index contributed by atoms with van der Waals surface area (Å²) in [6.07, 6.45) is 1.95. The molecule has 0 aliphatic carbocycles. The van der Waals surface area contributed by atoms with Gasteiger partial charge in [0.15, 0.2) is 0 Å². The van der Waals surface area contributed by atoms with Crippen LogP contribution in [0.1, 0.15) is 24.4 Å². The van der Waals surface area contributed by atoms with Crippen LogP contribution >= 0.6 is 15.9 Å². The van der Waals surface area contributed by atoms with Gasteiger partial charge in [0, 0.05) is 19.3 Å². The first kappa shape index (κ1) is 13.0. The monoisotopic (exact) mass is 302 g/mol. The van der Waals surface area contributed by atoms with Crippen LogP contribution in [0.3, 0.4) is 0 Å². The Kier molecular flexibility index (Phi) is 4.50. The lowest BCUT2D eigenvalue weighted by Crippen LogP contribution is -2.36. The Hall–Kier alpha value is -0.490. The minimum absolute atomic E-state index is 0.0517. The largest absolute Gasteiger partial charge is 0.381 e. The third kappa shape index (κ3) is 3.04. The summed E-state index contributed by atoms with van der Waals surface area (Å²) in [5.74, 6) is 5.81. The number of nitrogens with one attached hydrogen (secondary N) is 1. The Morgan fingerprint density at radius 3 is 2.71 bits per heavy atom. The molecule has 0 bridgehead atoms. The Balaban J connectivity index is 2.18. The van der Waals surface area contributed by atoms with Gasteiger partial charge in [-0.1, -0.05) is 6.07 Å². The minimum Gasteiger partial charge on any atom is -0.381 e. The molecule has 1 unspecified atom stereocenters. The van der Waals surface area contributed by atoms with Crippen LogP contribution in [-0.2, 0) is 4.74 Å². The van der Waals surface area contributed by atoms with Gasteiger partial charge in [-0.15, -0.1) is 0 Å². The van der Waals surface area contributed by atoms with Crippen molar-refractivity contribution in [2.45, 2.75) is 18.9 Å². The van der Waals surface area contributed by atoms with Crippen molar-refractivity contribution in [1.82, 2.24) is 5.43 Å². The fourth-order valence-corrected chi connectivity index (χ4v) is 2.66. The van der Waals surface area contributed by atoms with Crippen LogP contribution in [-0.4, -0.2) is 13.2 Å². The maximum Gasteiger partial charge on any atom is 0.137 e. The predicted octanol–water partition coefficient (Wildman–Crippen LogP) is 2.52. The van der Waals surface area contributed by atoms with E-state index in [4.69, 9.17) is 10.6 Å². The third-order valence-electron chi connectivity index (χ3n) is 3.22. The number of ether oxygens (including phenoxy) is 1. The highest BCUT2D eigenvalue weighted by Gasteiger charge is 2.24. The van der Waals surface area contributed by atoms with Crippen molar-refractivity contribution in [1.29, 1.82) is 0 Å². The fraction of sp³-hybridized carbons (Fsp3) is 0.500. The molecule has 0 radical (unpaired) electrons. The zero-order valence-electron chi connectivity index (χ0n) is 9.46. The molecule has 17 heavy (non-hydrogen) atoms. The van der Waals surface area contributed by atoms with E-state index in [1.165, 1.54) is 6.07 Å². The summed E-state index contributed by atoms with van der Waals surface area (Å²) in [6, 6.07) is 5.08. The Labute approximate surface area is 109 Å². The van der Waals surface area contributed by atoms with Crippen LogP contribution in [0.4, 0.5) is 4.39 Å². The van der Waals surface area contributed by atoms with Gasteiger partial charge in [0.25, 0.3) is 0 Å². The average molecular weight is 303 g/mol. The lowest BCUT2D eigenvalue weighted by molar-refractivity contribution is 0.0536. The van der Waals surface area contributed by atoms with Gasteiger partial charge < -0.3 is 4.74 Å². The zero-order chi connectivity index (χ0) is 12.3. The molecular formula is C12H16BrFN2O. The highest BCUT2D eigenvalue weighted by molar-refractivity contribution is 9.10. The van der Waals surface area contributed by atoms with E-state index in [0.717, 1.165) is 31.6 Å². The van der Waals surface area contributed by atoms with Crippen LogP contribution in [0.2, 0.25) is 0 Å². The molecule has 2 rings (SSSR count). The first-order valence-electron chi connectivity index (χ1n) is 5.71. The Bertz CT molecular complexity index is 383. The molecular weight excluding hydrogens is 287 g/mol. The molecule has 1 saturated heterocycles. The molecule has 5 heteroatoms. The maximum atomic E-state index is 13.2. The summed E-state index contributed by atoms with van der Waals surface area (Å²) in [6.45, 7) is 1.54. The van der Waals surface area contributed by atoms with Gasteiger partial charge in [0.05, 0.1) is 4.47 Å². The quantitative estimate of drug-likeness (QED) is 0.666. The van der Waals surface area contributed by atoms with Crippen molar-refractivity contribution in [3.05, 3.63) is 34.1 Å². The van der Waals surface area contributed by atoms with Gasteiger partial charge >= 0.3 is 0 Å². The van der Waals surface area contributed by atoms with E-state index in [0.29, 0.717) is 10.4 Å². The predicted molar refractivity (Wildman–Crippen MR) is 67.7 cm³/mol. The van der Waals surface area contributed by atoms with Crippen LogP contribution in [0.15, 0.2) is 22.7 Å². The van der Waals surface area contributed by atoms with E-state index < -0.39 is 0 Å². The summed E-state index contributed by atoms with van der Waals surface area (Å²) in [5.41, 5.74) is 3.84. The SMILES string of the molecule is NNC(c1ccc(F)c(Br)c1)C1CCOCC1. The van der Waals surface area contributed by atoms with Crippen molar-refractivity contribution >= 4 is 15.9 Å². The molecule has 3 N–H and O–H groups in total. The van der Waals surface area contributed by atoms with E-state index in [1.807, 2.05) is 0 Å². The average Bonchev–Trinajstić information content (AvgIpc) is 2.36. The fourth-order valence-electron chi connectivity index (χ4n) is 2.26. The summed E-state index contributed by atoms with van der Waals surface area (Å²) in [7, 11) is 0. The summed E-state index contributed by atoms with van der Waals surface area (Å²) in [5, 5.41) is 0. The third-order valence-corrected chi connectivity index (χ3v) is 3.83. The molecule has 1 fully saturated rings. The molecule has 1 aliphatic rings. The van der Waals surface area contributed by atoms with Gasteiger partial charge in [-0.25, -0.2) is 4.39 Å². The van der Waals surface area contributed by atoms with Crippen LogP contribution < -0.4 is 11.3 Å². The molecule has 1 aromatic rings. The molecule has 0 saturated carbocycles. The van der Waals surface area contributed by atoms with Gasteiger partial charge in [-0.05, 0) is 52.4 Å². The molecule has 1 atom stereocenters. The molecule has 94 valence electrons. The number of hydrogen-bond acceptors (Lipinski definition) is 3. The van der Waals surface area contributed by atoms with Crippen molar-refractivity contribution in [3.8, 4) is 0 Å². The van der Waals surface area contributed by atoms with Crippen LogP contribution in [0, 0.1) is 11.7 Å². The molecule has 1 heterocycles. The molecule has 1 aromatic carbocycles. The van der Waals surface area contributed by atoms with E-state index in [2.05, 4.69) is 21.4 Å².